The highest BCUT2D eigenvalue weighted by molar-refractivity contribution is 8.17. The van der Waals surface area contributed by atoms with Crippen LogP contribution in [0.3, 0.4) is 0 Å². The Morgan fingerprint density at radius 2 is 2.05 bits per heavy atom. The van der Waals surface area contributed by atoms with E-state index in [1.807, 2.05) is 37.2 Å². The maximum absolute atomic E-state index is 12.2. The summed E-state index contributed by atoms with van der Waals surface area (Å²) in [5.74, 6) is -0.137. The minimum absolute atomic E-state index is 0.0881. The van der Waals surface area contributed by atoms with E-state index in [4.69, 9.17) is 9.73 Å². The van der Waals surface area contributed by atoms with Gasteiger partial charge in [-0.05, 0) is 12.0 Å². The number of hydrogen-bond acceptors (Lipinski definition) is 5. The number of nitrogens with zero attached hydrogens (tertiary/aromatic N) is 2. The van der Waals surface area contributed by atoms with Crippen LogP contribution < -0.4 is 0 Å². The molecule has 4 nitrogen and oxygen atoms in total. The van der Waals surface area contributed by atoms with Crippen molar-refractivity contribution in [3.63, 3.8) is 0 Å². The molecule has 116 valence electrons. The molecule has 1 aromatic carbocycles. The predicted octanol–water partition coefficient (Wildman–Crippen LogP) is 2.88. The molecule has 1 aromatic rings. The number of carbonyl (C=O) groups excluding carboxylic acids is 1. The summed E-state index contributed by atoms with van der Waals surface area (Å²) in [5.41, 5.74) is 1.24. The summed E-state index contributed by atoms with van der Waals surface area (Å²) < 4.78 is 5.02. The first-order chi connectivity index (χ1) is 10.6. The summed E-state index contributed by atoms with van der Waals surface area (Å²) in [5, 5.41) is 0.957. The summed E-state index contributed by atoms with van der Waals surface area (Å²) >= 11 is 1.66. The van der Waals surface area contributed by atoms with Gasteiger partial charge in [0.25, 0.3) is 0 Å². The van der Waals surface area contributed by atoms with E-state index >= 15 is 0 Å². The number of carbonyl (C=O) groups is 1. The van der Waals surface area contributed by atoms with Crippen LogP contribution >= 0.6 is 11.8 Å². The maximum Gasteiger partial charge on any atom is 0.311 e. The third-order valence-electron chi connectivity index (χ3n) is 4.12. The Labute approximate surface area is 135 Å². The monoisotopic (exact) mass is 316 g/mol. The van der Waals surface area contributed by atoms with Crippen LogP contribution in [0.2, 0.25) is 0 Å². The molecule has 3 atom stereocenters. The van der Waals surface area contributed by atoms with Gasteiger partial charge in [-0.25, -0.2) is 0 Å². The molecule has 0 saturated carbocycles. The lowest BCUT2D eigenvalue weighted by molar-refractivity contribution is -0.146. The second-order valence-corrected chi connectivity index (χ2v) is 6.85. The number of thioether (sulfide) groups is 1. The third kappa shape index (κ3) is 2.77. The highest BCUT2D eigenvalue weighted by Crippen LogP contribution is 2.45. The van der Waals surface area contributed by atoms with Gasteiger partial charge in [0.1, 0.15) is 0 Å². The van der Waals surface area contributed by atoms with Crippen LogP contribution in [0.15, 0.2) is 46.3 Å². The summed E-state index contributed by atoms with van der Waals surface area (Å²) in [6, 6.07) is 10.2. The maximum atomic E-state index is 12.2. The van der Waals surface area contributed by atoms with Gasteiger partial charge in [-0.2, -0.15) is 0 Å². The van der Waals surface area contributed by atoms with Crippen molar-refractivity contribution >= 4 is 22.9 Å². The molecule has 22 heavy (non-hydrogen) atoms. The topological polar surface area (TPSA) is 41.9 Å². The molecule has 1 aliphatic heterocycles. The van der Waals surface area contributed by atoms with E-state index in [1.54, 1.807) is 11.8 Å². The number of benzene rings is 1. The van der Waals surface area contributed by atoms with Crippen molar-refractivity contribution < 1.29 is 9.53 Å². The molecular weight excluding hydrogens is 296 g/mol. The number of amidine groups is 1. The SMILES string of the molecule is COC(=O)[C@H]1C[C@H](c2ccccc2)C=C2SC(N(C)C)=N[C@@H]21. The largest absolute Gasteiger partial charge is 0.469 e. The van der Waals surface area contributed by atoms with Gasteiger partial charge in [-0.3, -0.25) is 9.79 Å². The van der Waals surface area contributed by atoms with Crippen molar-refractivity contribution in [2.45, 2.75) is 18.4 Å². The van der Waals surface area contributed by atoms with Gasteiger partial charge in [0.15, 0.2) is 5.17 Å². The van der Waals surface area contributed by atoms with Crippen LogP contribution in [0.25, 0.3) is 0 Å². The summed E-state index contributed by atoms with van der Waals surface area (Å²) in [6.45, 7) is 0. The molecule has 3 rings (SSSR count). The quantitative estimate of drug-likeness (QED) is 0.787. The Morgan fingerprint density at radius 1 is 1.32 bits per heavy atom. The fraction of sp³-hybridized carbons (Fsp3) is 0.412. The Morgan fingerprint density at radius 3 is 2.68 bits per heavy atom. The molecule has 5 heteroatoms. The molecule has 0 spiro atoms. The lowest BCUT2D eigenvalue weighted by Crippen LogP contribution is -2.32. The van der Waals surface area contributed by atoms with E-state index in [0.717, 1.165) is 11.6 Å². The zero-order valence-electron chi connectivity index (χ0n) is 13.0. The molecule has 1 heterocycles. The second kappa shape index (κ2) is 6.16. The van der Waals surface area contributed by atoms with Gasteiger partial charge in [0.2, 0.25) is 0 Å². The second-order valence-electron chi connectivity index (χ2n) is 5.80. The summed E-state index contributed by atoms with van der Waals surface area (Å²) in [6.07, 6.45) is 3.01. The smallest absolute Gasteiger partial charge is 0.311 e. The molecule has 0 amide bonds. The minimum Gasteiger partial charge on any atom is -0.469 e. The minimum atomic E-state index is -0.208. The Kier molecular flexibility index (Phi) is 4.25. The van der Waals surface area contributed by atoms with Crippen LogP contribution in [0.1, 0.15) is 17.9 Å². The Balaban J connectivity index is 1.95. The standard InChI is InChI=1S/C17H20N2O2S/c1-19(2)17-18-15-13(16(20)21-3)9-12(10-14(15)22-17)11-7-5-4-6-8-11/h4-8,10,12-13,15H,9H2,1-3H3/t12-,13-,15+/m0/s1. The number of hydrogen-bond donors (Lipinski definition) is 0. The highest BCUT2D eigenvalue weighted by Gasteiger charge is 2.41. The van der Waals surface area contributed by atoms with Crippen LogP contribution in [0.5, 0.6) is 0 Å². The molecular formula is C17H20N2O2S. The van der Waals surface area contributed by atoms with Gasteiger partial charge < -0.3 is 9.64 Å². The molecule has 0 aromatic heterocycles. The third-order valence-corrected chi connectivity index (χ3v) is 5.39. The molecule has 0 radical (unpaired) electrons. The number of methoxy groups -OCH3 is 1. The predicted molar refractivity (Wildman–Crippen MR) is 89.9 cm³/mol. The zero-order chi connectivity index (χ0) is 15.7. The molecule has 0 bridgehead atoms. The fourth-order valence-corrected chi connectivity index (χ4v) is 4.11. The van der Waals surface area contributed by atoms with E-state index in [-0.39, 0.29) is 23.8 Å². The average Bonchev–Trinajstić information content (AvgIpc) is 2.98. The fourth-order valence-electron chi connectivity index (χ4n) is 2.98. The molecule has 0 fully saturated rings. The normalized spacial score (nSPS) is 26.8. The van der Waals surface area contributed by atoms with E-state index in [9.17, 15) is 4.79 Å². The van der Waals surface area contributed by atoms with E-state index < -0.39 is 0 Å². The van der Waals surface area contributed by atoms with Crippen LogP contribution in [-0.4, -0.2) is 43.3 Å². The summed E-state index contributed by atoms with van der Waals surface area (Å²) in [7, 11) is 5.41. The zero-order valence-corrected chi connectivity index (χ0v) is 13.8. The number of allylic oxidation sites excluding steroid dienone is 1. The van der Waals surface area contributed by atoms with Gasteiger partial charge in [0.05, 0.1) is 19.1 Å². The number of ether oxygens (including phenoxy) is 1. The van der Waals surface area contributed by atoms with Crippen LogP contribution in [0.4, 0.5) is 0 Å². The van der Waals surface area contributed by atoms with E-state index in [0.29, 0.717) is 0 Å². The van der Waals surface area contributed by atoms with Gasteiger partial charge in [0, 0.05) is 24.9 Å². The summed E-state index contributed by atoms with van der Waals surface area (Å²) in [4.78, 5) is 20.1. The number of aliphatic imine (C=N–C) groups is 1. The molecule has 0 unspecified atom stereocenters. The Hall–Kier alpha value is -1.75. The first-order valence-electron chi connectivity index (χ1n) is 7.37. The van der Waals surface area contributed by atoms with Gasteiger partial charge >= 0.3 is 5.97 Å². The first kappa shape index (κ1) is 15.2. The van der Waals surface area contributed by atoms with Crippen molar-refractivity contribution in [3.8, 4) is 0 Å². The van der Waals surface area contributed by atoms with Crippen molar-refractivity contribution in [1.29, 1.82) is 0 Å². The van der Waals surface area contributed by atoms with Gasteiger partial charge in [-0.1, -0.05) is 48.2 Å². The van der Waals surface area contributed by atoms with Crippen molar-refractivity contribution in [2.24, 2.45) is 10.9 Å². The first-order valence-corrected chi connectivity index (χ1v) is 8.19. The van der Waals surface area contributed by atoms with E-state index in [1.165, 1.54) is 17.6 Å². The van der Waals surface area contributed by atoms with Crippen molar-refractivity contribution in [2.75, 3.05) is 21.2 Å². The average molecular weight is 316 g/mol. The van der Waals surface area contributed by atoms with Crippen LogP contribution in [0, 0.1) is 5.92 Å². The number of fused-ring (bicyclic) bond motifs is 1. The highest BCUT2D eigenvalue weighted by atomic mass is 32.2. The molecule has 2 aliphatic rings. The Bertz CT molecular complexity index is 625. The van der Waals surface area contributed by atoms with Crippen molar-refractivity contribution in [3.05, 3.63) is 46.9 Å². The molecule has 0 saturated heterocycles. The lowest BCUT2D eigenvalue weighted by atomic mass is 9.80. The molecule has 0 N–H and O–H groups in total. The number of rotatable bonds is 2. The van der Waals surface area contributed by atoms with Gasteiger partial charge in [-0.15, -0.1) is 0 Å². The van der Waals surface area contributed by atoms with E-state index in [2.05, 4.69) is 18.2 Å². The van der Waals surface area contributed by atoms with Crippen LogP contribution in [-0.2, 0) is 9.53 Å². The number of esters is 1. The van der Waals surface area contributed by atoms with Crippen molar-refractivity contribution in [1.82, 2.24) is 4.90 Å². The molecule has 1 aliphatic carbocycles. The lowest BCUT2D eigenvalue weighted by Gasteiger charge is -2.29.